The molecule has 3 rings (SSSR count). The van der Waals surface area contributed by atoms with Crippen LogP contribution in [0.15, 0.2) is 46.9 Å². The van der Waals surface area contributed by atoms with Gasteiger partial charge >= 0.3 is 5.97 Å². The van der Waals surface area contributed by atoms with Gasteiger partial charge in [-0.2, -0.15) is 0 Å². The van der Waals surface area contributed by atoms with Crippen LogP contribution in [0.4, 0.5) is 0 Å². The van der Waals surface area contributed by atoms with Gasteiger partial charge in [0.05, 0.1) is 12.7 Å². The number of ether oxygens (including phenoxy) is 2. The van der Waals surface area contributed by atoms with Crippen LogP contribution in [0.3, 0.4) is 0 Å². The number of nitrogens with zero attached hydrogens (tertiary/aromatic N) is 2. The van der Waals surface area contributed by atoms with E-state index in [0.717, 1.165) is 16.7 Å². The molecule has 0 spiro atoms. The first-order valence-electron chi connectivity index (χ1n) is 8.24. The molecule has 0 aliphatic rings. The maximum atomic E-state index is 12.4. The smallest absolute Gasteiger partial charge is 0.339 e. The van der Waals surface area contributed by atoms with Gasteiger partial charge in [-0.15, -0.1) is 10.2 Å². The Morgan fingerprint density at radius 1 is 1.08 bits per heavy atom. The van der Waals surface area contributed by atoms with Crippen LogP contribution < -0.4 is 4.74 Å². The number of benzene rings is 2. The van der Waals surface area contributed by atoms with E-state index >= 15 is 0 Å². The third-order valence-electron chi connectivity index (χ3n) is 4.01. The summed E-state index contributed by atoms with van der Waals surface area (Å²) in [6, 6.07) is 12.9. The van der Waals surface area contributed by atoms with Crippen LogP contribution in [0.2, 0.25) is 0 Å². The summed E-state index contributed by atoms with van der Waals surface area (Å²) in [5.74, 6) is 0.783. The van der Waals surface area contributed by atoms with E-state index in [1.165, 1.54) is 0 Å². The standard InChI is InChI=1S/C20H20N2O4/c1-12-5-8-15(9-6-12)19-22-21-18(26-19)14(3)25-20(23)16-10-7-13(2)17(11-16)24-4/h5-11,14H,1-4H3/t14-/m1/s1. The number of aromatic nitrogens is 2. The molecule has 0 unspecified atom stereocenters. The second kappa shape index (κ2) is 7.39. The van der Waals surface area contributed by atoms with Crippen LogP contribution in [-0.4, -0.2) is 23.3 Å². The Balaban J connectivity index is 1.73. The van der Waals surface area contributed by atoms with Gasteiger partial charge < -0.3 is 13.9 Å². The Bertz CT molecular complexity index is 916. The van der Waals surface area contributed by atoms with Crippen molar-refractivity contribution in [3.8, 4) is 17.2 Å². The van der Waals surface area contributed by atoms with Gasteiger partial charge in [0.15, 0.2) is 6.10 Å². The molecule has 0 radical (unpaired) electrons. The highest BCUT2D eigenvalue weighted by Crippen LogP contribution is 2.25. The fourth-order valence-corrected chi connectivity index (χ4v) is 2.44. The summed E-state index contributed by atoms with van der Waals surface area (Å²) in [6.45, 7) is 5.60. The SMILES string of the molecule is COc1cc(C(=O)O[C@H](C)c2nnc(-c3ccc(C)cc3)o2)ccc1C. The quantitative estimate of drug-likeness (QED) is 0.638. The van der Waals surface area contributed by atoms with Gasteiger partial charge in [-0.3, -0.25) is 0 Å². The Labute approximate surface area is 151 Å². The monoisotopic (exact) mass is 352 g/mol. The molecule has 6 nitrogen and oxygen atoms in total. The van der Waals surface area contributed by atoms with Crippen molar-refractivity contribution in [1.82, 2.24) is 10.2 Å². The Hall–Kier alpha value is -3.15. The maximum Gasteiger partial charge on any atom is 0.339 e. The highest BCUT2D eigenvalue weighted by Gasteiger charge is 2.20. The molecule has 0 fully saturated rings. The molecule has 0 aliphatic heterocycles. The van der Waals surface area contributed by atoms with E-state index in [1.54, 1.807) is 26.2 Å². The summed E-state index contributed by atoms with van der Waals surface area (Å²) in [5, 5.41) is 8.02. The third-order valence-corrected chi connectivity index (χ3v) is 4.01. The fraction of sp³-hybridized carbons (Fsp3) is 0.250. The molecule has 1 aromatic heterocycles. The van der Waals surface area contributed by atoms with Crippen LogP contribution >= 0.6 is 0 Å². The molecule has 0 bridgehead atoms. The first-order chi connectivity index (χ1) is 12.5. The fourth-order valence-electron chi connectivity index (χ4n) is 2.44. The lowest BCUT2D eigenvalue weighted by molar-refractivity contribution is 0.0279. The Morgan fingerprint density at radius 2 is 1.81 bits per heavy atom. The van der Waals surface area contributed by atoms with Gasteiger partial charge in [-0.05, 0) is 50.6 Å². The molecular weight excluding hydrogens is 332 g/mol. The molecule has 0 amide bonds. The van der Waals surface area contributed by atoms with Crippen molar-refractivity contribution in [1.29, 1.82) is 0 Å². The summed E-state index contributed by atoms with van der Waals surface area (Å²) in [4.78, 5) is 12.4. The van der Waals surface area contributed by atoms with E-state index < -0.39 is 12.1 Å². The zero-order chi connectivity index (χ0) is 18.7. The average molecular weight is 352 g/mol. The van der Waals surface area contributed by atoms with Crippen LogP contribution in [0, 0.1) is 13.8 Å². The number of rotatable bonds is 5. The summed E-state index contributed by atoms with van der Waals surface area (Å²) >= 11 is 0. The van der Waals surface area contributed by atoms with Crippen molar-refractivity contribution < 1.29 is 18.7 Å². The molecule has 0 N–H and O–H groups in total. The summed E-state index contributed by atoms with van der Waals surface area (Å²) in [7, 11) is 1.56. The molecule has 0 saturated carbocycles. The maximum absolute atomic E-state index is 12.4. The number of hydrogen-bond acceptors (Lipinski definition) is 6. The highest BCUT2D eigenvalue weighted by atomic mass is 16.6. The minimum atomic E-state index is -0.665. The van der Waals surface area contributed by atoms with Gasteiger partial charge in [-0.1, -0.05) is 23.8 Å². The van der Waals surface area contributed by atoms with Crippen molar-refractivity contribution in [2.24, 2.45) is 0 Å². The van der Waals surface area contributed by atoms with E-state index in [4.69, 9.17) is 13.9 Å². The second-order valence-electron chi connectivity index (χ2n) is 6.04. The van der Waals surface area contributed by atoms with Gasteiger partial charge in [0.25, 0.3) is 5.89 Å². The lowest BCUT2D eigenvalue weighted by Gasteiger charge is -2.11. The minimum Gasteiger partial charge on any atom is -0.496 e. The lowest BCUT2D eigenvalue weighted by atomic mass is 10.1. The summed E-state index contributed by atoms with van der Waals surface area (Å²) in [6.07, 6.45) is -0.665. The number of carbonyl (C=O) groups is 1. The van der Waals surface area contributed by atoms with Crippen molar-refractivity contribution in [3.05, 3.63) is 65.0 Å². The number of esters is 1. The van der Waals surface area contributed by atoms with Crippen molar-refractivity contribution >= 4 is 5.97 Å². The molecule has 3 aromatic rings. The molecule has 1 heterocycles. The zero-order valence-corrected chi connectivity index (χ0v) is 15.1. The van der Waals surface area contributed by atoms with E-state index in [-0.39, 0.29) is 5.89 Å². The van der Waals surface area contributed by atoms with E-state index in [0.29, 0.717) is 17.2 Å². The molecular formula is C20H20N2O4. The van der Waals surface area contributed by atoms with Gasteiger partial charge in [-0.25, -0.2) is 4.79 Å². The number of hydrogen-bond donors (Lipinski definition) is 0. The molecule has 1 atom stereocenters. The molecule has 134 valence electrons. The normalized spacial score (nSPS) is 11.8. The van der Waals surface area contributed by atoms with Crippen LogP contribution in [0.5, 0.6) is 5.75 Å². The average Bonchev–Trinajstić information content (AvgIpc) is 3.13. The van der Waals surface area contributed by atoms with Gasteiger partial charge in [0.1, 0.15) is 5.75 Å². The van der Waals surface area contributed by atoms with E-state index in [9.17, 15) is 4.79 Å². The lowest BCUT2D eigenvalue weighted by Crippen LogP contribution is -2.10. The predicted octanol–water partition coefficient (Wildman–Crippen LogP) is 4.28. The van der Waals surface area contributed by atoms with Gasteiger partial charge in [0.2, 0.25) is 5.89 Å². The minimum absolute atomic E-state index is 0.244. The Morgan fingerprint density at radius 3 is 2.50 bits per heavy atom. The van der Waals surface area contributed by atoms with Gasteiger partial charge in [0, 0.05) is 5.56 Å². The second-order valence-corrected chi connectivity index (χ2v) is 6.04. The molecule has 6 heteroatoms. The zero-order valence-electron chi connectivity index (χ0n) is 15.1. The number of aryl methyl sites for hydroxylation is 2. The highest BCUT2D eigenvalue weighted by molar-refractivity contribution is 5.90. The van der Waals surface area contributed by atoms with Crippen molar-refractivity contribution in [3.63, 3.8) is 0 Å². The number of carbonyl (C=O) groups excluding carboxylic acids is 1. The predicted molar refractivity (Wildman–Crippen MR) is 96.0 cm³/mol. The largest absolute Gasteiger partial charge is 0.496 e. The van der Waals surface area contributed by atoms with Crippen molar-refractivity contribution in [2.75, 3.05) is 7.11 Å². The molecule has 26 heavy (non-hydrogen) atoms. The van der Waals surface area contributed by atoms with E-state index in [1.807, 2.05) is 44.2 Å². The first-order valence-corrected chi connectivity index (χ1v) is 8.24. The van der Waals surface area contributed by atoms with Crippen LogP contribution in [0.25, 0.3) is 11.5 Å². The van der Waals surface area contributed by atoms with Crippen LogP contribution in [0.1, 0.15) is 40.4 Å². The molecule has 2 aromatic carbocycles. The molecule has 0 aliphatic carbocycles. The Kier molecular flexibility index (Phi) is 5.02. The van der Waals surface area contributed by atoms with Crippen molar-refractivity contribution in [2.45, 2.75) is 26.9 Å². The summed E-state index contributed by atoms with van der Waals surface area (Å²) < 4.78 is 16.3. The molecule has 0 saturated heterocycles. The third kappa shape index (κ3) is 3.74. The summed E-state index contributed by atoms with van der Waals surface area (Å²) in [5.41, 5.74) is 3.30. The van der Waals surface area contributed by atoms with E-state index in [2.05, 4.69) is 10.2 Å². The first kappa shape index (κ1) is 17.7. The number of methoxy groups -OCH3 is 1. The topological polar surface area (TPSA) is 74.5 Å². The van der Waals surface area contributed by atoms with Crippen LogP contribution in [-0.2, 0) is 4.74 Å².